The number of carbonyl (C=O) groups excluding carboxylic acids is 4. The number of Topliss-reactive ketones (excluding diaryl/α,β-unsaturated/α-hetero) is 1. The fourth-order valence-corrected chi connectivity index (χ4v) is 5.19. The van der Waals surface area contributed by atoms with Gasteiger partial charge in [-0.25, -0.2) is 13.6 Å². The van der Waals surface area contributed by atoms with Crippen molar-refractivity contribution >= 4 is 23.6 Å². The second-order valence-corrected chi connectivity index (χ2v) is 9.58. The molecule has 4 amide bonds. The minimum absolute atomic E-state index is 0.0114. The largest absolute Gasteiger partial charge is 0.334 e. The van der Waals surface area contributed by atoms with E-state index in [1.165, 1.54) is 0 Å². The lowest BCUT2D eigenvalue weighted by molar-refractivity contribution is -0.135. The van der Waals surface area contributed by atoms with Crippen LogP contribution in [0.3, 0.4) is 0 Å². The summed E-state index contributed by atoms with van der Waals surface area (Å²) < 4.78 is 27.1. The molecule has 1 saturated carbocycles. The van der Waals surface area contributed by atoms with Crippen LogP contribution < -0.4 is 5.32 Å². The molecule has 0 unspecified atom stereocenters. The highest BCUT2D eigenvalue weighted by atomic mass is 19.3. The molecule has 2 aromatic carbocycles. The van der Waals surface area contributed by atoms with Crippen LogP contribution in [0.4, 0.5) is 13.6 Å². The van der Waals surface area contributed by atoms with Crippen molar-refractivity contribution in [2.24, 2.45) is 0 Å². The van der Waals surface area contributed by atoms with E-state index in [1.807, 2.05) is 18.2 Å². The standard InChI is InChI=1S/C26H25F2N3O4/c1-16(32)30-13-19-3-2-4-20(21(19)14-30)17-5-7-18(8-6-17)22(33)15-31-23(34)25(29-24(31)35)9-11-26(27,28)12-10-25/h2-8H,9-15H2,1H3,(H,29,35). The molecule has 0 bridgehead atoms. The number of nitrogens with one attached hydrogen (secondary N) is 1. The zero-order valence-electron chi connectivity index (χ0n) is 19.3. The van der Waals surface area contributed by atoms with Gasteiger partial charge in [-0.1, -0.05) is 42.5 Å². The molecule has 3 aliphatic rings. The van der Waals surface area contributed by atoms with Crippen molar-refractivity contribution in [2.45, 2.75) is 57.2 Å². The van der Waals surface area contributed by atoms with Gasteiger partial charge in [0, 0.05) is 38.4 Å². The highest BCUT2D eigenvalue weighted by molar-refractivity contribution is 6.11. The molecule has 1 saturated heterocycles. The van der Waals surface area contributed by atoms with Crippen LogP contribution in [0.15, 0.2) is 42.5 Å². The van der Waals surface area contributed by atoms with Gasteiger partial charge in [-0.3, -0.25) is 19.3 Å². The van der Waals surface area contributed by atoms with Gasteiger partial charge in [0.05, 0.1) is 6.54 Å². The molecule has 35 heavy (non-hydrogen) atoms. The minimum Gasteiger partial charge on any atom is -0.334 e. The Hall–Kier alpha value is -3.62. The second kappa shape index (κ2) is 8.25. The SMILES string of the molecule is CC(=O)N1Cc2cccc(-c3ccc(C(=O)CN4C(=O)NC5(CCC(F)(F)CC5)C4=O)cc3)c2C1. The number of hydrogen-bond acceptors (Lipinski definition) is 4. The fourth-order valence-electron chi connectivity index (χ4n) is 5.19. The summed E-state index contributed by atoms with van der Waals surface area (Å²) in [6.45, 7) is 2.20. The lowest BCUT2D eigenvalue weighted by atomic mass is 9.80. The number of rotatable bonds is 4. The Morgan fingerprint density at radius 2 is 1.66 bits per heavy atom. The quantitative estimate of drug-likeness (QED) is 0.530. The Balaban J connectivity index is 1.30. The van der Waals surface area contributed by atoms with E-state index in [-0.39, 0.29) is 18.7 Å². The van der Waals surface area contributed by atoms with E-state index in [1.54, 1.807) is 36.1 Å². The summed E-state index contributed by atoms with van der Waals surface area (Å²) in [6.07, 6.45) is -1.25. The number of ketones is 1. The number of alkyl halides is 2. The number of urea groups is 1. The van der Waals surface area contributed by atoms with Crippen LogP contribution in [-0.4, -0.2) is 51.4 Å². The number of hydrogen-bond donors (Lipinski definition) is 1. The van der Waals surface area contributed by atoms with Gasteiger partial charge in [0.1, 0.15) is 5.54 Å². The van der Waals surface area contributed by atoms with E-state index in [4.69, 9.17) is 0 Å². The number of benzene rings is 2. The molecule has 0 atom stereocenters. The topological polar surface area (TPSA) is 86.8 Å². The van der Waals surface area contributed by atoms with Crippen molar-refractivity contribution in [3.8, 4) is 11.1 Å². The van der Waals surface area contributed by atoms with E-state index in [9.17, 15) is 28.0 Å². The molecule has 0 radical (unpaired) electrons. The Morgan fingerprint density at radius 1 is 0.971 bits per heavy atom. The molecule has 2 heterocycles. The molecule has 1 spiro atoms. The maximum atomic E-state index is 13.6. The number of amides is 4. The number of halogens is 2. The van der Waals surface area contributed by atoms with E-state index < -0.39 is 48.6 Å². The Labute approximate surface area is 201 Å². The van der Waals surface area contributed by atoms with Crippen molar-refractivity contribution in [1.82, 2.24) is 15.1 Å². The molecule has 7 nitrogen and oxygen atoms in total. The summed E-state index contributed by atoms with van der Waals surface area (Å²) in [6, 6.07) is 12.1. The van der Waals surface area contributed by atoms with Gasteiger partial charge in [0.2, 0.25) is 11.8 Å². The molecular formula is C26H25F2N3O4. The first-order valence-electron chi connectivity index (χ1n) is 11.6. The van der Waals surface area contributed by atoms with E-state index >= 15 is 0 Å². The Bertz CT molecular complexity index is 1230. The average Bonchev–Trinajstić information content (AvgIpc) is 3.37. The molecule has 2 aliphatic heterocycles. The maximum absolute atomic E-state index is 13.6. The third-order valence-electron chi connectivity index (χ3n) is 7.33. The fraction of sp³-hybridized carbons (Fsp3) is 0.385. The normalized spacial score (nSPS) is 20.2. The zero-order valence-corrected chi connectivity index (χ0v) is 19.3. The van der Waals surface area contributed by atoms with Crippen molar-refractivity contribution in [2.75, 3.05) is 6.54 Å². The van der Waals surface area contributed by atoms with Gasteiger partial charge in [0.15, 0.2) is 5.78 Å². The molecule has 2 aromatic rings. The van der Waals surface area contributed by atoms with E-state index in [0.717, 1.165) is 27.2 Å². The van der Waals surface area contributed by atoms with Crippen LogP contribution >= 0.6 is 0 Å². The van der Waals surface area contributed by atoms with Crippen LogP contribution in [0.1, 0.15) is 54.1 Å². The minimum atomic E-state index is -2.84. The predicted octanol–water partition coefficient (Wildman–Crippen LogP) is 3.90. The molecule has 0 aromatic heterocycles. The monoisotopic (exact) mass is 481 g/mol. The molecule has 9 heteroatoms. The first-order chi connectivity index (χ1) is 16.6. The third-order valence-corrected chi connectivity index (χ3v) is 7.33. The zero-order chi connectivity index (χ0) is 25.0. The summed E-state index contributed by atoms with van der Waals surface area (Å²) >= 11 is 0. The van der Waals surface area contributed by atoms with Crippen LogP contribution in [0.2, 0.25) is 0 Å². The van der Waals surface area contributed by atoms with E-state index in [0.29, 0.717) is 18.7 Å². The number of imide groups is 1. The van der Waals surface area contributed by atoms with Gasteiger partial charge in [0.25, 0.3) is 5.91 Å². The molecule has 1 N–H and O–H groups in total. The molecule has 5 rings (SSSR count). The highest BCUT2D eigenvalue weighted by Crippen LogP contribution is 2.41. The van der Waals surface area contributed by atoms with Gasteiger partial charge in [-0.15, -0.1) is 0 Å². The Morgan fingerprint density at radius 3 is 2.31 bits per heavy atom. The highest BCUT2D eigenvalue weighted by Gasteiger charge is 2.55. The average molecular weight is 481 g/mol. The van der Waals surface area contributed by atoms with Crippen LogP contribution in [0.25, 0.3) is 11.1 Å². The van der Waals surface area contributed by atoms with Crippen LogP contribution in [0.5, 0.6) is 0 Å². The molecule has 182 valence electrons. The lowest BCUT2D eigenvalue weighted by Crippen LogP contribution is -2.51. The number of fused-ring (bicyclic) bond motifs is 1. The van der Waals surface area contributed by atoms with Gasteiger partial charge >= 0.3 is 6.03 Å². The molecule has 2 fully saturated rings. The van der Waals surface area contributed by atoms with Gasteiger partial charge in [-0.05, 0) is 35.1 Å². The Kier molecular flexibility index (Phi) is 5.45. The molecule has 1 aliphatic carbocycles. The van der Waals surface area contributed by atoms with E-state index in [2.05, 4.69) is 5.32 Å². The van der Waals surface area contributed by atoms with Crippen molar-refractivity contribution < 1.29 is 28.0 Å². The lowest BCUT2D eigenvalue weighted by Gasteiger charge is -2.34. The summed E-state index contributed by atoms with van der Waals surface area (Å²) in [5.74, 6) is -3.86. The predicted molar refractivity (Wildman–Crippen MR) is 123 cm³/mol. The van der Waals surface area contributed by atoms with Crippen molar-refractivity contribution in [3.05, 3.63) is 59.2 Å². The first kappa shape index (κ1) is 23.1. The van der Waals surface area contributed by atoms with Crippen LogP contribution in [-0.2, 0) is 22.7 Å². The van der Waals surface area contributed by atoms with Gasteiger partial charge < -0.3 is 10.2 Å². The number of carbonyl (C=O) groups is 4. The van der Waals surface area contributed by atoms with Crippen LogP contribution in [0, 0.1) is 0 Å². The summed E-state index contributed by atoms with van der Waals surface area (Å²) in [5.41, 5.74) is 3.03. The van der Waals surface area contributed by atoms with Gasteiger partial charge in [-0.2, -0.15) is 0 Å². The van der Waals surface area contributed by atoms with Crippen molar-refractivity contribution in [1.29, 1.82) is 0 Å². The maximum Gasteiger partial charge on any atom is 0.325 e. The smallest absolute Gasteiger partial charge is 0.325 e. The first-order valence-corrected chi connectivity index (χ1v) is 11.6. The summed E-state index contributed by atoms with van der Waals surface area (Å²) in [7, 11) is 0. The van der Waals surface area contributed by atoms with Crippen molar-refractivity contribution in [3.63, 3.8) is 0 Å². The molecular weight excluding hydrogens is 456 g/mol. The third kappa shape index (κ3) is 4.09. The number of nitrogens with zero attached hydrogens (tertiary/aromatic N) is 2. The second-order valence-electron chi connectivity index (χ2n) is 9.58. The summed E-state index contributed by atoms with van der Waals surface area (Å²) in [4.78, 5) is 52.6. The summed E-state index contributed by atoms with van der Waals surface area (Å²) in [5, 5.41) is 2.55.